The van der Waals surface area contributed by atoms with Crippen LogP contribution < -0.4 is 10.6 Å². The summed E-state index contributed by atoms with van der Waals surface area (Å²) in [5.74, 6) is 0.792. The van der Waals surface area contributed by atoms with Crippen molar-refractivity contribution in [2.24, 2.45) is 5.73 Å². The summed E-state index contributed by atoms with van der Waals surface area (Å²) in [6.45, 7) is 2.53. The Morgan fingerprint density at radius 2 is 1.77 bits per heavy atom. The van der Waals surface area contributed by atoms with E-state index in [4.69, 9.17) is 15.7 Å². The van der Waals surface area contributed by atoms with Crippen LogP contribution in [0.2, 0.25) is 0 Å². The van der Waals surface area contributed by atoms with Gasteiger partial charge in [-0.15, -0.1) is 0 Å². The van der Waals surface area contributed by atoms with Gasteiger partial charge in [0.2, 0.25) is 5.91 Å². The molecule has 30 heavy (non-hydrogen) atoms. The van der Waals surface area contributed by atoms with E-state index in [0.717, 1.165) is 36.6 Å². The van der Waals surface area contributed by atoms with E-state index in [1.54, 1.807) is 17.0 Å². The molecule has 7 nitrogen and oxygen atoms in total. The largest absolute Gasteiger partial charge is 0.366 e. The first-order chi connectivity index (χ1) is 14.6. The molecule has 0 fully saturated rings. The second-order valence-corrected chi connectivity index (χ2v) is 7.60. The molecule has 0 saturated heterocycles. The Morgan fingerprint density at radius 1 is 1.00 bits per heavy atom. The molecule has 3 heterocycles. The number of nitriles is 1. The van der Waals surface area contributed by atoms with E-state index in [-0.39, 0.29) is 0 Å². The summed E-state index contributed by atoms with van der Waals surface area (Å²) in [6.07, 6.45) is 3.15. The summed E-state index contributed by atoms with van der Waals surface area (Å²) in [4.78, 5) is 25.5. The highest BCUT2D eigenvalue weighted by Crippen LogP contribution is 2.34. The molecule has 5 rings (SSSR count). The minimum Gasteiger partial charge on any atom is -0.366 e. The molecule has 2 aliphatic heterocycles. The Balaban J connectivity index is 1.63. The van der Waals surface area contributed by atoms with Crippen molar-refractivity contribution in [2.45, 2.75) is 26.1 Å². The molecule has 0 aliphatic carbocycles. The molecule has 2 N–H and O–H groups in total. The van der Waals surface area contributed by atoms with E-state index >= 15 is 0 Å². The topological polar surface area (TPSA) is 99.1 Å². The zero-order chi connectivity index (χ0) is 20.7. The van der Waals surface area contributed by atoms with Crippen LogP contribution in [0.3, 0.4) is 0 Å². The number of aromatic nitrogens is 2. The van der Waals surface area contributed by atoms with Gasteiger partial charge >= 0.3 is 0 Å². The zero-order valence-electron chi connectivity index (χ0n) is 16.4. The van der Waals surface area contributed by atoms with Crippen LogP contribution in [-0.4, -0.2) is 27.3 Å². The SMILES string of the molecule is N#CN1Cc2nc(-c3ccccc3C(N)=O)nc(N3CCc4ccccc4C3)c2C1. The molecule has 0 saturated carbocycles. The highest BCUT2D eigenvalue weighted by atomic mass is 16.1. The molecule has 2 aliphatic rings. The lowest BCUT2D eigenvalue weighted by molar-refractivity contribution is 0.100. The van der Waals surface area contributed by atoms with Crippen molar-refractivity contribution in [3.63, 3.8) is 0 Å². The second kappa shape index (κ2) is 7.16. The van der Waals surface area contributed by atoms with Crippen molar-refractivity contribution in [3.05, 3.63) is 76.5 Å². The van der Waals surface area contributed by atoms with Crippen LogP contribution >= 0.6 is 0 Å². The monoisotopic (exact) mass is 396 g/mol. The molecule has 0 radical (unpaired) electrons. The molecular formula is C23H20N6O. The number of amides is 1. The number of carbonyl (C=O) groups excluding carboxylic acids is 1. The van der Waals surface area contributed by atoms with Crippen LogP contribution in [-0.2, 0) is 26.1 Å². The maximum absolute atomic E-state index is 12.0. The molecule has 3 aromatic rings. The third kappa shape index (κ3) is 3.03. The number of fused-ring (bicyclic) bond motifs is 2. The summed E-state index contributed by atoms with van der Waals surface area (Å²) < 4.78 is 0. The molecule has 0 unspecified atom stereocenters. The number of rotatable bonds is 3. The Kier molecular flexibility index (Phi) is 4.32. The van der Waals surface area contributed by atoms with Crippen molar-refractivity contribution in [1.29, 1.82) is 5.26 Å². The van der Waals surface area contributed by atoms with Crippen LogP contribution in [0.4, 0.5) is 5.82 Å². The standard InChI is InChI=1S/C23H20N6O/c24-14-28-12-19-20(13-28)26-22(18-8-4-3-7-17(18)21(25)30)27-23(19)29-10-9-15-5-1-2-6-16(15)11-29/h1-8H,9-13H2,(H2,25,30). The smallest absolute Gasteiger partial charge is 0.249 e. The number of benzene rings is 2. The second-order valence-electron chi connectivity index (χ2n) is 7.60. The van der Waals surface area contributed by atoms with Crippen molar-refractivity contribution >= 4 is 11.7 Å². The van der Waals surface area contributed by atoms with Crippen LogP contribution in [0.5, 0.6) is 0 Å². The highest BCUT2D eigenvalue weighted by molar-refractivity contribution is 5.99. The Bertz CT molecular complexity index is 1200. The highest BCUT2D eigenvalue weighted by Gasteiger charge is 2.29. The molecule has 0 spiro atoms. The number of primary amides is 1. The third-order valence-corrected chi connectivity index (χ3v) is 5.77. The van der Waals surface area contributed by atoms with Gasteiger partial charge in [0.25, 0.3) is 0 Å². The fraction of sp³-hybridized carbons (Fsp3) is 0.217. The number of hydrogen-bond donors (Lipinski definition) is 1. The molecule has 0 atom stereocenters. The first kappa shape index (κ1) is 18.1. The van der Waals surface area contributed by atoms with Gasteiger partial charge < -0.3 is 15.5 Å². The van der Waals surface area contributed by atoms with Gasteiger partial charge in [0, 0.05) is 24.2 Å². The molecule has 1 amide bonds. The van der Waals surface area contributed by atoms with Crippen LogP contribution in [0.1, 0.15) is 32.7 Å². The van der Waals surface area contributed by atoms with Crippen LogP contribution in [0.15, 0.2) is 48.5 Å². The van der Waals surface area contributed by atoms with Crippen molar-refractivity contribution in [3.8, 4) is 17.6 Å². The first-order valence-corrected chi connectivity index (χ1v) is 9.89. The quantitative estimate of drug-likeness (QED) is 0.683. The summed E-state index contributed by atoms with van der Waals surface area (Å²) >= 11 is 0. The Hall–Kier alpha value is -3.92. The van der Waals surface area contributed by atoms with Crippen LogP contribution in [0, 0.1) is 11.5 Å². The van der Waals surface area contributed by atoms with Crippen molar-refractivity contribution in [2.75, 3.05) is 11.4 Å². The maximum Gasteiger partial charge on any atom is 0.249 e. The van der Waals surface area contributed by atoms with Gasteiger partial charge in [-0.1, -0.05) is 42.5 Å². The molecule has 0 bridgehead atoms. The van der Waals surface area contributed by atoms with Gasteiger partial charge in [0.1, 0.15) is 5.82 Å². The molecule has 148 valence electrons. The van der Waals surface area contributed by atoms with Gasteiger partial charge in [-0.2, -0.15) is 5.26 Å². The zero-order valence-corrected chi connectivity index (χ0v) is 16.4. The molecule has 2 aromatic carbocycles. The Labute approximate surface area is 174 Å². The predicted molar refractivity (Wildman–Crippen MR) is 112 cm³/mol. The maximum atomic E-state index is 12.0. The summed E-state index contributed by atoms with van der Waals surface area (Å²) in [7, 11) is 0. The summed E-state index contributed by atoms with van der Waals surface area (Å²) in [6, 6.07) is 15.6. The number of nitrogens with two attached hydrogens (primary N) is 1. The molecular weight excluding hydrogens is 376 g/mol. The van der Waals surface area contributed by atoms with Gasteiger partial charge in [-0.3, -0.25) is 4.79 Å². The number of hydrogen-bond acceptors (Lipinski definition) is 6. The lowest BCUT2D eigenvalue weighted by Gasteiger charge is -2.31. The fourth-order valence-corrected chi connectivity index (χ4v) is 4.26. The van der Waals surface area contributed by atoms with Crippen molar-refractivity contribution < 1.29 is 4.79 Å². The van der Waals surface area contributed by atoms with Crippen molar-refractivity contribution in [1.82, 2.24) is 14.9 Å². The van der Waals surface area contributed by atoms with E-state index in [1.165, 1.54) is 11.1 Å². The van der Waals surface area contributed by atoms with E-state index in [0.29, 0.717) is 30.0 Å². The minimum absolute atomic E-state index is 0.391. The summed E-state index contributed by atoms with van der Waals surface area (Å²) in [5, 5.41) is 9.43. The fourth-order valence-electron chi connectivity index (χ4n) is 4.26. The summed E-state index contributed by atoms with van der Waals surface area (Å²) in [5.41, 5.74) is 11.0. The number of anilines is 1. The average molecular weight is 396 g/mol. The van der Waals surface area contributed by atoms with E-state index in [2.05, 4.69) is 35.4 Å². The Morgan fingerprint density at radius 3 is 2.57 bits per heavy atom. The first-order valence-electron chi connectivity index (χ1n) is 9.89. The lowest BCUT2D eigenvalue weighted by Crippen LogP contribution is -2.32. The molecule has 1 aromatic heterocycles. The van der Waals surface area contributed by atoms with Gasteiger partial charge in [0.05, 0.1) is 24.3 Å². The van der Waals surface area contributed by atoms with E-state index in [1.807, 2.05) is 12.1 Å². The van der Waals surface area contributed by atoms with E-state index in [9.17, 15) is 10.1 Å². The minimum atomic E-state index is -0.512. The molecule has 7 heteroatoms. The van der Waals surface area contributed by atoms with Gasteiger partial charge in [0.15, 0.2) is 12.0 Å². The van der Waals surface area contributed by atoms with Crippen LogP contribution in [0.25, 0.3) is 11.4 Å². The predicted octanol–water partition coefficient (Wildman–Crippen LogP) is 2.60. The normalized spacial score (nSPS) is 14.8. The average Bonchev–Trinajstić information content (AvgIpc) is 3.21. The number of nitrogens with zero attached hydrogens (tertiary/aromatic N) is 5. The third-order valence-electron chi connectivity index (χ3n) is 5.77. The van der Waals surface area contributed by atoms with E-state index < -0.39 is 5.91 Å². The van der Waals surface area contributed by atoms with Gasteiger partial charge in [-0.05, 0) is 23.6 Å². The lowest BCUT2D eigenvalue weighted by atomic mass is 9.99. The van der Waals surface area contributed by atoms with Gasteiger partial charge in [-0.25, -0.2) is 9.97 Å². The number of carbonyl (C=O) groups is 1.